The van der Waals surface area contributed by atoms with Crippen molar-refractivity contribution in [2.75, 3.05) is 18.9 Å². The minimum Gasteiger partial charge on any atom is -0.484 e. The molecule has 0 fully saturated rings. The maximum atomic E-state index is 11.5. The molecule has 0 spiro atoms. The third-order valence-electron chi connectivity index (χ3n) is 2.48. The normalized spacial score (nSPS) is 10.1. The number of carbonyl (C=O) groups excluding carboxylic acids is 1. The summed E-state index contributed by atoms with van der Waals surface area (Å²) in [7, 11) is 0. The van der Waals surface area contributed by atoms with E-state index in [2.05, 4.69) is 10.3 Å². The van der Waals surface area contributed by atoms with Gasteiger partial charge in [-0.15, -0.1) is 0 Å². The first kappa shape index (κ1) is 12.9. The van der Waals surface area contributed by atoms with Gasteiger partial charge >= 0.3 is 0 Å². The van der Waals surface area contributed by atoms with Crippen molar-refractivity contribution in [3.8, 4) is 5.75 Å². The van der Waals surface area contributed by atoms with E-state index in [1.165, 1.54) is 0 Å². The second-order valence-corrected chi connectivity index (χ2v) is 4.01. The van der Waals surface area contributed by atoms with E-state index in [9.17, 15) is 4.79 Å². The molecule has 2 rings (SSSR count). The molecule has 0 aliphatic rings. The number of aromatic nitrogens is 2. The zero-order chi connectivity index (χ0) is 13.5. The number of amides is 1. The summed E-state index contributed by atoms with van der Waals surface area (Å²) in [6.45, 7) is 1.20. The quantitative estimate of drug-likeness (QED) is 0.747. The van der Waals surface area contributed by atoms with Gasteiger partial charge in [0.2, 0.25) is 0 Å². The molecule has 1 amide bonds. The number of nitrogen functional groups attached to an aromatic ring is 1. The van der Waals surface area contributed by atoms with E-state index in [1.54, 1.807) is 36.8 Å². The molecule has 0 aliphatic carbocycles. The highest BCUT2D eigenvalue weighted by atomic mass is 16.5. The first-order valence-corrected chi connectivity index (χ1v) is 5.95. The van der Waals surface area contributed by atoms with Gasteiger partial charge in [-0.2, -0.15) is 0 Å². The number of carbonyl (C=O) groups is 1. The highest BCUT2D eigenvalue weighted by molar-refractivity contribution is 5.77. The summed E-state index contributed by atoms with van der Waals surface area (Å²) in [5.74, 6) is 0.423. The summed E-state index contributed by atoms with van der Waals surface area (Å²) in [4.78, 5) is 15.5. The van der Waals surface area contributed by atoms with E-state index in [4.69, 9.17) is 10.5 Å². The molecule has 0 bridgehead atoms. The lowest BCUT2D eigenvalue weighted by Gasteiger charge is -2.08. The molecule has 100 valence electrons. The van der Waals surface area contributed by atoms with Crippen LogP contribution in [0.25, 0.3) is 0 Å². The third kappa shape index (κ3) is 4.34. The number of anilines is 1. The van der Waals surface area contributed by atoms with Crippen molar-refractivity contribution in [3.05, 3.63) is 43.0 Å². The first-order chi connectivity index (χ1) is 9.24. The fourth-order valence-electron chi connectivity index (χ4n) is 1.55. The van der Waals surface area contributed by atoms with Crippen LogP contribution < -0.4 is 15.8 Å². The number of imidazole rings is 1. The van der Waals surface area contributed by atoms with E-state index in [0.29, 0.717) is 24.5 Å². The second kappa shape index (κ2) is 6.44. The Morgan fingerprint density at radius 2 is 2.37 bits per heavy atom. The molecule has 6 heteroatoms. The summed E-state index contributed by atoms with van der Waals surface area (Å²) in [6, 6.07) is 6.98. The van der Waals surface area contributed by atoms with Crippen molar-refractivity contribution in [2.24, 2.45) is 0 Å². The Bertz CT molecular complexity index is 525. The predicted octanol–water partition coefficient (Wildman–Crippen LogP) is 0.660. The average molecular weight is 260 g/mol. The van der Waals surface area contributed by atoms with Gasteiger partial charge in [0.1, 0.15) is 5.75 Å². The molecule has 0 radical (unpaired) electrons. The Morgan fingerprint density at radius 3 is 3.11 bits per heavy atom. The van der Waals surface area contributed by atoms with Crippen LogP contribution in [0, 0.1) is 0 Å². The summed E-state index contributed by atoms with van der Waals surface area (Å²) in [5.41, 5.74) is 6.22. The summed E-state index contributed by atoms with van der Waals surface area (Å²) >= 11 is 0. The molecule has 19 heavy (non-hydrogen) atoms. The molecule has 0 aliphatic heterocycles. The van der Waals surface area contributed by atoms with Gasteiger partial charge in [0, 0.05) is 37.2 Å². The molecular weight excluding hydrogens is 244 g/mol. The van der Waals surface area contributed by atoms with Gasteiger partial charge < -0.3 is 20.4 Å². The zero-order valence-electron chi connectivity index (χ0n) is 10.5. The molecule has 0 saturated carbocycles. The summed E-state index contributed by atoms with van der Waals surface area (Å²) in [5, 5.41) is 2.76. The Hall–Kier alpha value is -2.50. The van der Waals surface area contributed by atoms with E-state index in [-0.39, 0.29) is 12.5 Å². The maximum absolute atomic E-state index is 11.5. The van der Waals surface area contributed by atoms with Crippen molar-refractivity contribution in [1.82, 2.24) is 14.9 Å². The topological polar surface area (TPSA) is 82.2 Å². The molecule has 0 atom stereocenters. The Balaban J connectivity index is 1.67. The van der Waals surface area contributed by atoms with Gasteiger partial charge in [0.25, 0.3) is 5.91 Å². The first-order valence-electron chi connectivity index (χ1n) is 5.95. The molecule has 6 nitrogen and oxygen atoms in total. The van der Waals surface area contributed by atoms with Crippen LogP contribution in [0.4, 0.5) is 5.69 Å². The SMILES string of the molecule is Nc1cccc(OCC(=O)NCCn2ccnc2)c1. The standard InChI is InChI=1S/C13H16N4O2/c14-11-2-1-3-12(8-11)19-9-13(18)16-5-7-17-6-4-15-10-17/h1-4,6,8,10H,5,7,9,14H2,(H,16,18). The molecule has 1 aromatic heterocycles. The van der Waals surface area contributed by atoms with Gasteiger partial charge in [0.15, 0.2) is 6.61 Å². The number of nitrogens with two attached hydrogens (primary N) is 1. The van der Waals surface area contributed by atoms with E-state index in [0.717, 1.165) is 0 Å². The molecule has 0 unspecified atom stereocenters. The molecule has 1 aromatic carbocycles. The number of hydrogen-bond acceptors (Lipinski definition) is 4. The molecule has 3 N–H and O–H groups in total. The molecule has 2 aromatic rings. The molecular formula is C13H16N4O2. The smallest absolute Gasteiger partial charge is 0.258 e. The van der Waals surface area contributed by atoms with Crippen LogP contribution in [-0.4, -0.2) is 28.6 Å². The van der Waals surface area contributed by atoms with Gasteiger partial charge in [-0.05, 0) is 12.1 Å². The summed E-state index contributed by atoms with van der Waals surface area (Å²) < 4.78 is 7.21. The maximum Gasteiger partial charge on any atom is 0.258 e. The van der Waals surface area contributed by atoms with Crippen LogP contribution in [0.2, 0.25) is 0 Å². The largest absolute Gasteiger partial charge is 0.484 e. The fraction of sp³-hybridized carbons (Fsp3) is 0.231. The number of nitrogens with zero attached hydrogens (tertiary/aromatic N) is 2. The van der Waals surface area contributed by atoms with Crippen LogP contribution in [-0.2, 0) is 11.3 Å². The lowest BCUT2D eigenvalue weighted by atomic mass is 10.3. The monoisotopic (exact) mass is 260 g/mol. The Labute approximate surface area is 111 Å². The van der Waals surface area contributed by atoms with Crippen molar-refractivity contribution in [3.63, 3.8) is 0 Å². The average Bonchev–Trinajstić information content (AvgIpc) is 2.90. The van der Waals surface area contributed by atoms with Gasteiger partial charge in [0.05, 0.1) is 6.33 Å². The lowest BCUT2D eigenvalue weighted by molar-refractivity contribution is -0.123. The summed E-state index contributed by atoms with van der Waals surface area (Å²) in [6.07, 6.45) is 5.25. The van der Waals surface area contributed by atoms with Crippen molar-refractivity contribution in [2.45, 2.75) is 6.54 Å². The van der Waals surface area contributed by atoms with Crippen LogP contribution in [0.1, 0.15) is 0 Å². The van der Waals surface area contributed by atoms with Gasteiger partial charge in [-0.25, -0.2) is 4.98 Å². The fourth-order valence-corrected chi connectivity index (χ4v) is 1.55. The van der Waals surface area contributed by atoms with Crippen molar-refractivity contribution >= 4 is 11.6 Å². The minimum absolute atomic E-state index is 0.0205. The van der Waals surface area contributed by atoms with Crippen LogP contribution in [0.3, 0.4) is 0 Å². The lowest BCUT2D eigenvalue weighted by Crippen LogP contribution is -2.31. The number of ether oxygens (including phenoxy) is 1. The van der Waals surface area contributed by atoms with Gasteiger partial charge in [-0.1, -0.05) is 6.07 Å². The van der Waals surface area contributed by atoms with Crippen LogP contribution in [0.5, 0.6) is 5.75 Å². The highest BCUT2D eigenvalue weighted by Gasteiger charge is 2.02. The van der Waals surface area contributed by atoms with Gasteiger partial charge in [-0.3, -0.25) is 4.79 Å². The Kier molecular flexibility index (Phi) is 4.39. The number of benzene rings is 1. The van der Waals surface area contributed by atoms with E-state index < -0.39 is 0 Å². The second-order valence-electron chi connectivity index (χ2n) is 4.01. The van der Waals surface area contributed by atoms with Crippen LogP contribution >= 0.6 is 0 Å². The van der Waals surface area contributed by atoms with E-state index >= 15 is 0 Å². The minimum atomic E-state index is -0.164. The third-order valence-corrected chi connectivity index (χ3v) is 2.48. The number of nitrogens with one attached hydrogen (secondary N) is 1. The Morgan fingerprint density at radius 1 is 1.47 bits per heavy atom. The predicted molar refractivity (Wildman–Crippen MR) is 71.6 cm³/mol. The van der Waals surface area contributed by atoms with E-state index in [1.807, 2.05) is 10.8 Å². The van der Waals surface area contributed by atoms with Crippen LogP contribution in [0.15, 0.2) is 43.0 Å². The molecule has 1 heterocycles. The highest BCUT2D eigenvalue weighted by Crippen LogP contribution is 2.13. The zero-order valence-corrected chi connectivity index (χ0v) is 10.5. The van der Waals surface area contributed by atoms with Crippen molar-refractivity contribution in [1.29, 1.82) is 0 Å². The number of rotatable bonds is 6. The number of hydrogen-bond donors (Lipinski definition) is 2. The van der Waals surface area contributed by atoms with Crippen molar-refractivity contribution < 1.29 is 9.53 Å². The molecule has 0 saturated heterocycles.